The van der Waals surface area contributed by atoms with Crippen LogP contribution in [0.1, 0.15) is 26.7 Å². The van der Waals surface area contributed by atoms with Gasteiger partial charge in [-0.3, -0.25) is 9.59 Å². The minimum atomic E-state index is -0.369. The maximum Gasteiger partial charge on any atom is 0.229 e. The number of halogens is 1. The van der Waals surface area contributed by atoms with Crippen LogP contribution in [0, 0.1) is 0 Å². The van der Waals surface area contributed by atoms with Crippen molar-refractivity contribution in [3.8, 4) is 0 Å². The van der Waals surface area contributed by atoms with Crippen LogP contribution in [0.2, 0.25) is 0 Å². The molecular formula is C18H11BrO2S. The second kappa shape index (κ2) is 5.14. The number of carbonyl (C=O) groups excluding carboxylic acids is 2. The van der Waals surface area contributed by atoms with Crippen LogP contribution in [0.3, 0.4) is 0 Å². The molecule has 1 atom stereocenters. The third kappa shape index (κ3) is 2.06. The molecule has 1 aliphatic carbocycles. The molecule has 1 aliphatic rings. The first-order valence-corrected chi connectivity index (χ1v) is 8.60. The van der Waals surface area contributed by atoms with Crippen molar-refractivity contribution in [2.45, 2.75) is 12.3 Å². The highest BCUT2D eigenvalue weighted by Gasteiger charge is 2.39. The Morgan fingerprint density at radius 1 is 1.05 bits per heavy atom. The molecule has 1 unspecified atom stereocenters. The molecule has 0 aliphatic heterocycles. The van der Waals surface area contributed by atoms with Gasteiger partial charge in [0.05, 0.1) is 5.92 Å². The Morgan fingerprint density at radius 2 is 1.86 bits per heavy atom. The Balaban J connectivity index is 1.77. The van der Waals surface area contributed by atoms with Crippen LogP contribution in [-0.4, -0.2) is 11.6 Å². The van der Waals surface area contributed by atoms with E-state index in [0.717, 1.165) is 14.9 Å². The smallest absolute Gasteiger partial charge is 0.229 e. The molecule has 3 aromatic rings. The fraction of sp³-hybridized carbons (Fsp3) is 0.111. The van der Waals surface area contributed by atoms with E-state index < -0.39 is 0 Å². The Bertz CT molecular complexity index is 893. The van der Waals surface area contributed by atoms with Gasteiger partial charge in [0.2, 0.25) is 11.6 Å². The van der Waals surface area contributed by atoms with Gasteiger partial charge in [0, 0.05) is 19.6 Å². The van der Waals surface area contributed by atoms with Gasteiger partial charge in [-0.15, -0.1) is 11.3 Å². The summed E-state index contributed by atoms with van der Waals surface area (Å²) in [6.45, 7) is 0. The molecule has 108 valence electrons. The largest absolute Gasteiger partial charge is 0.290 e. The fourth-order valence-corrected chi connectivity index (χ4v) is 4.80. The third-order valence-corrected chi connectivity index (χ3v) is 5.90. The molecule has 0 saturated heterocycles. The number of fused-ring (bicyclic) bond motifs is 2. The molecule has 1 heterocycles. The topological polar surface area (TPSA) is 34.1 Å². The monoisotopic (exact) mass is 370 g/mol. The zero-order valence-electron chi connectivity index (χ0n) is 11.5. The molecule has 0 spiro atoms. The second-order valence-corrected chi connectivity index (χ2v) is 7.42. The summed E-state index contributed by atoms with van der Waals surface area (Å²) in [5.74, 6) is -1.02. The maximum absolute atomic E-state index is 12.4. The number of thiophene rings is 1. The van der Waals surface area contributed by atoms with Gasteiger partial charge in [-0.25, -0.2) is 0 Å². The van der Waals surface area contributed by atoms with Crippen molar-refractivity contribution in [1.82, 2.24) is 0 Å². The summed E-state index contributed by atoms with van der Waals surface area (Å²) in [5.41, 5.74) is 1.39. The van der Waals surface area contributed by atoms with Gasteiger partial charge in [-0.2, -0.15) is 0 Å². The number of benzene rings is 2. The molecule has 4 heteroatoms. The van der Waals surface area contributed by atoms with Crippen molar-refractivity contribution in [3.63, 3.8) is 0 Å². The van der Waals surface area contributed by atoms with E-state index in [-0.39, 0.29) is 17.5 Å². The van der Waals surface area contributed by atoms with Crippen LogP contribution in [0.4, 0.5) is 0 Å². The lowest BCUT2D eigenvalue weighted by Crippen LogP contribution is -2.14. The normalized spacial score (nSPS) is 17.2. The number of ketones is 2. The van der Waals surface area contributed by atoms with Crippen LogP contribution in [0.25, 0.3) is 10.1 Å². The van der Waals surface area contributed by atoms with E-state index in [2.05, 4.69) is 34.1 Å². The minimum absolute atomic E-state index is 0.292. The Hall–Kier alpha value is -1.78. The van der Waals surface area contributed by atoms with Crippen molar-refractivity contribution in [2.75, 3.05) is 0 Å². The number of carbonyl (C=O) groups is 2. The predicted octanol–water partition coefficient (Wildman–Crippen LogP) is 4.76. The molecule has 1 aromatic heterocycles. The number of hydrogen-bond acceptors (Lipinski definition) is 3. The van der Waals surface area contributed by atoms with Gasteiger partial charge in [0.25, 0.3) is 0 Å². The second-order valence-electron chi connectivity index (χ2n) is 5.40. The third-order valence-electron chi connectivity index (χ3n) is 4.07. The van der Waals surface area contributed by atoms with E-state index in [9.17, 15) is 9.59 Å². The minimum Gasteiger partial charge on any atom is -0.290 e. The summed E-state index contributed by atoms with van der Waals surface area (Å²) in [7, 11) is 0. The van der Waals surface area contributed by atoms with Gasteiger partial charge in [0.15, 0.2) is 0 Å². The van der Waals surface area contributed by atoms with Crippen molar-refractivity contribution < 1.29 is 9.59 Å². The first-order valence-electron chi connectivity index (χ1n) is 6.99. The van der Waals surface area contributed by atoms with E-state index in [1.807, 2.05) is 18.2 Å². The Morgan fingerprint density at radius 3 is 2.68 bits per heavy atom. The quantitative estimate of drug-likeness (QED) is 0.609. The lowest BCUT2D eigenvalue weighted by atomic mass is 9.96. The zero-order chi connectivity index (χ0) is 15.3. The Labute approximate surface area is 139 Å². The molecule has 22 heavy (non-hydrogen) atoms. The first-order chi connectivity index (χ1) is 10.6. The van der Waals surface area contributed by atoms with Crippen molar-refractivity contribution in [3.05, 3.63) is 69.0 Å². The molecule has 0 bridgehead atoms. The standard InChI is InChI=1S/C18H11BrO2S/c19-14-6-3-5-12-16(14)13(18(21)17(12)20)9-11-8-10-4-1-2-7-15(10)22-11/h1-8,13H,9H2. The van der Waals surface area contributed by atoms with E-state index in [4.69, 9.17) is 0 Å². The van der Waals surface area contributed by atoms with Gasteiger partial charge in [-0.05, 0) is 35.6 Å². The van der Waals surface area contributed by atoms with E-state index >= 15 is 0 Å². The van der Waals surface area contributed by atoms with Crippen molar-refractivity contribution in [1.29, 1.82) is 0 Å². The van der Waals surface area contributed by atoms with Crippen LogP contribution in [-0.2, 0) is 11.2 Å². The average molecular weight is 371 g/mol. The zero-order valence-corrected chi connectivity index (χ0v) is 13.9. The van der Waals surface area contributed by atoms with E-state index in [1.54, 1.807) is 23.5 Å². The van der Waals surface area contributed by atoms with Gasteiger partial charge in [0.1, 0.15) is 0 Å². The molecule has 0 fully saturated rings. The molecular weight excluding hydrogens is 360 g/mol. The van der Waals surface area contributed by atoms with Crippen molar-refractivity contribution >= 4 is 48.9 Å². The summed E-state index contributed by atoms with van der Waals surface area (Å²) in [6.07, 6.45) is 0.583. The number of Topliss-reactive ketones (excluding diaryl/α,β-unsaturated/α-hetero) is 2. The summed E-state index contributed by atoms with van der Waals surface area (Å²) < 4.78 is 2.05. The lowest BCUT2D eigenvalue weighted by molar-refractivity contribution is -0.115. The van der Waals surface area contributed by atoms with Crippen LogP contribution >= 0.6 is 27.3 Å². The van der Waals surface area contributed by atoms with Crippen LogP contribution in [0.5, 0.6) is 0 Å². The fourth-order valence-electron chi connectivity index (χ4n) is 3.04. The molecule has 2 nitrogen and oxygen atoms in total. The Kier molecular flexibility index (Phi) is 3.24. The predicted molar refractivity (Wildman–Crippen MR) is 91.7 cm³/mol. The maximum atomic E-state index is 12.4. The highest BCUT2D eigenvalue weighted by Crippen LogP contribution is 2.39. The molecule has 0 radical (unpaired) electrons. The summed E-state index contributed by atoms with van der Waals surface area (Å²) in [6, 6.07) is 15.7. The number of hydrogen-bond donors (Lipinski definition) is 0. The molecule has 0 saturated carbocycles. The summed E-state index contributed by atoms with van der Waals surface area (Å²) >= 11 is 5.18. The van der Waals surface area contributed by atoms with Gasteiger partial charge >= 0.3 is 0 Å². The average Bonchev–Trinajstić information content (AvgIpc) is 3.03. The highest BCUT2D eigenvalue weighted by atomic mass is 79.9. The summed E-state index contributed by atoms with van der Waals surface area (Å²) in [5, 5.41) is 1.19. The van der Waals surface area contributed by atoms with Crippen molar-refractivity contribution in [2.24, 2.45) is 0 Å². The van der Waals surface area contributed by atoms with E-state index in [0.29, 0.717) is 12.0 Å². The van der Waals surface area contributed by atoms with Crippen LogP contribution < -0.4 is 0 Å². The highest BCUT2D eigenvalue weighted by molar-refractivity contribution is 9.10. The van der Waals surface area contributed by atoms with E-state index in [1.165, 1.54) is 10.1 Å². The first kappa shape index (κ1) is 13.9. The molecule has 2 aromatic carbocycles. The number of rotatable bonds is 2. The summed E-state index contributed by atoms with van der Waals surface area (Å²) in [4.78, 5) is 25.7. The SMILES string of the molecule is O=C1C(=O)C(Cc2cc3ccccc3s2)c2c(Br)cccc21. The molecule has 0 amide bonds. The van der Waals surface area contributed by atoms with Crippen LogP contribution in [0.15, 0.2) is 53.0 Å². The lowest BCUT2D eigenvalue weighted by Gasteiger charge is -2.09. The molecule has 4 rings (SSSR count). The molecule has 0 N–H and O–H groups in total. The van der Waals surface area contributed by atoms with Gasteiger partial charge < -0.3 is 0 Å². The van der Waals surface area contributed by atoms with Gasteiger partial charge in [-0.1, -0.05) is 46.3 Å².